The lowest BCUT2D eigenvalue weighted by Gasteiger charge is -2.22. The van der Waals surface area contributed by atoms with E-state index < -0.39 is 33.0 Å². The van der Waals surface area contributed by atoms with E-state index in [4.69, 9.17) is 11.3 Å². The van der Waals surface area contributed by atoms with Gasteiger partial charge in [0, 0.05) is 18.0 Å². The van der Waals surface area contributed by atoms with Gasteiger partial charge in [0.15, 0.2) is 11.6 Å². The second-order valence-corrected chi connectivity index (χ2v) is 9.36. The number of halogens is 2. The monoisotopic (exact) mass is 477 g/mol. The van der Waals surface area contributed by atoms with E-state index in [1.165, 1.54) is 6.20 Å². The number of sulfonamides is 1. The van der Waals surface area contributed by atoms with Crippen molar-refractivity contribution in [3.05, 3.63) is 65.5 Å². The van der Waals surface area contributed by atoms with E-state index in [-0.39, 0.29) is 18.0 Å². The van der Waals surface area contributed by atoms with Crippen LogP contribution in [0.2, 0.25) is 0 Å². The Morgan fingerprint density at radius 1 is 1.27 bits per heavy atom. The van der Waals surface area contributed by atoms with Crippen LogP contribution in [0.3, 0.4) is 0 Å². The molecular formula is C21H25F2N7O2S. The van der Waals surface area contributed by atoms with Gasteiger partial charge in [-0.05, 0) is 38.5 Å². The molecule has 176 valence electrons. The summed E-state index contributed by atoms with van der Waals surface area (Å²) in [5.74, 6) is 4.28. The molecule has 2 heterocycles. The van der Waals surface area contributed by atoms with Crippen LogP contribution >= 0.6 is 0 Å². The van der Waals surface area contributed by atoms with Gasteiger partial charge in [0.05, 0.1) is 41.3 Å². The number of hydrogen-bond donors (Lipinski definition) is 3. The van der Waals surface area contributed by atoms with Crippen LogP contribution in [-0.4, -0.2) is 41.0 Å². The summed E-state index contributed by atoms with van der Waals surface area (Å²) in [4.78, 5) is 8.48. The van der Waals surface area contributed by atoms with Gasteiger partial charge in [0.25, 0.3) is 0 Å². The van der Waals surface area contributed by atoms with Gasteiger partial charge >= 0.3 is 0 Å². The van der Waals surface area contributed by atoms with Crippen molar-refractivity contribution in [1.29, 1.82) is 5.41 Å². The smallest absolute Gasteiger partial charge is 0.232 e. The molecule has 0 aliphatic carbocycles. The third-order valence-electron chi connectivity index (χ3n) is 4.77. The predicted octanol–water partition coefficient (Wildman–Crippen LogP) is 3.06. The maximum absolute atomic E-state index is 15.0. The zero-order chi connectivity index (χ0) is 24.3. The Labute approximate surface area is 190 Å². The van der Waals surface area contributed by atoms with E-state index in [1.807, 2.05) is 24.6 Å². The quantitative estimate of drug-likeness (QED) is 0.247. The summed E-state index contributed by atoms with van der Waals surface area (Å²) in [6.45, 7) is 5.00. The normalized spacial score (nSPS) is 11.5. The Morgan fingerprint density at radius 2 is 2.00 bits per heavy atom. The van der Waals surface area contributed by atoms with E-state index >= 15 is 0 Å². The second-order valence-electron chi connectivity index (χ2n) is 7.52. The van der Waals surface area contributed by atoms with Crippen LogP contribution in [-0.2, 0) is 10.0 Å². The largest absolute Gasteiger partial charge is 0.303 e. The number of imidazole rings is 1. The molecule has 0 saturated carbocycles. The number of aryl methyl sites for hydroxylation is 2. The first-order valence-corrected chi connectivity index (χ1v) is 11.7. The SMILES string of the molecule is CCCS(=O)(=O)Nc1ccc(F)c(N(N)CC(=N)c2cncc(-n3cc(C)nc3C)c2)c1F. The standard InChI is InChI=1S/C21H25F2N7O2S/c1-4-7-33(31,32)28-19-6-5-17(22)21(20(19)23)30(25)12-18(24)15-8-16(10-26-9-15)29-11-13(2)27-14(29)3/h5-6,8-11,24,28H,4,7,12,25H2,1-3H3. The highest BCUT2D eigenvalue weighted by Gasteiger charge is 2.22. The van der Waals surface area contributed by atoms with Gasteiger partial charge in [-0.1, -0.05) is 6.92 Å². The highest BCUT2D eigenvalue weighted by molar-refractivity contribution is 7.92. The molecule has 0 aliphatic heterocycles. The summed E-state index contributed by atoms with van der Waals surface area (Å²) in [6, 6.07) is 3.60. The molecule has 0 unspecified atom stereocenters. The highest BCUT2D eigenvalue weighted by atomic mass is 32.2. The van der Waals surface area contributed by atoms with Crippen LogP contribution in [0.25, 0.3) is 5.69 Å². The fraction of sp³-hybridized carbons (Fsp3) is 0.286. The molecule has 12 heteroatoms. The van der Waals surface area contributed by atoms with Gasteiger partial charge in [-0.3, -0.25) is 14.7 Å². The molecule has 0 bridgehead atoms. The maximum atomic E-state index is 15.0. The van der Waals surface area contributed by atoms with Gasteiger partial charge < -0.3 is 9.98 Å². The average molecular weight is 478 g/mol. The molecule has 0 spiro atoms. The number of aromatic nitrogens is 3. The Morgan fingerprint density at radius 3 is 2.64 bits per heavy atom. The zero-order valence-corrected chi connectivity index (χ0v) is 19.2. The van der Waals surface area contributed by atoms with Crippen molar-refractivity contribution in [2.24, 2.45) is 5.84 Å². The lowest BCUT2D eigenvalue weighted by atomic mass is 10.1. The fourth-order valence-electron chi connectivity index (χ4n) is 3.32. The number of hydrogen-bond acceptors (Lipinski definition) is 7. The molecule has 0 aliphatic rings. The van der Waals surface area contributed by atoms with Crippen molar-refractivity contribution in [2.45, 2.75) is 27.2 Å². The zero-order valence-electron chi connectivity index (χ0n) is 18.4. The van der Waals surface area contributed by atoms with Gasteiger partial charge in [-0.15, -0.1) is 0 Å². The Bertz CT molecular complexity index is 1290. The minimum absolute atomic E-state index is 0.0443. The molecule has 0 amide bonds. The van der Waals surface area contributed by atoms with Gasteiger partial charge in [0.1, 0.15) is 11.5 Å². The fourth-order valence-corrected chi connectivity index (χ4v) is 4.45. The predicted molar refractivity (Wildman–Crippen MR) is 123 cm³/mol. The van der Waals surface area contributed by atoms with Gasteiger partial charge in [-0.25, -0.2) is 28.0 Å². The van der Waals surface area contributed by atoms with Crippen molar-refractivity contribution >= 4 is 27.1 Å². The van der Waals surface area contributed by atoms with E-state index in [1.54, 1.807) is 19.2 Å². The van der Waals surface area contributed by atoms with E-state index in [0.29, 0.717) is 17.7 Å². The van der Waals surface area contributed by atoms with E-state index in [2.05, 4.69) is 14.7 Å². The van der Waals surface area contributed by atoms with Crippen LogP contribution < -0.4 is 15.6 Å². The third-order valence-corrected chi connectivity index (χ3v) is 6.25. The maximum Gasteiger partial charge on any atom is 0.232 e. The van der Waals surface area contributed by atoms with Crippen molar-refractivity contribution in [3.63, 3.8) is 0 Å². The van der Waals surface area contributed by atoms with Crippen LogP contribution in [0, 0.1) is 30.9 Å². The lowest BCUT2D eigenvalue weighted by Crippen LogP contribution is -2.37. The molecule has 0 radical (unpaired) electrons. The van der Waals surface area contributed by atoms with Crippen molar-refractivity contribution in [3.8, 4) is 5.69 Å². The molecule has 33 heavy (non-hydrogen) atoms. The molecule has 0 saturated heterocycles. The van der Waals surface area contributed by atoms with Crippen LogP contribution in [0.5, 0.6) is 0 Å². The molecule has 0 fully saturated rings. The number of hydrazine groups is 1. The summed E-state index contributed by atoms with van der Waals surface area (Å²) >= 11 is 0. The summed E-state index contributed by atoms with van der Waals surface area (Å²) in [5, 5.41) is 9.10. The molecule has 0 atom stereocenters. The third kappa shape index (κ3) is 5.52. The number of pyridine rings is 1. The van der Waals surface area contributed by atoms with Crippen molar-refractivity contribution in [2.75, 3.05) is 22.0 Å². The molecular weight excluding hydrogens is 452 g/mol. The lowest BCUT2D eigenvalue weighted by molar-refractivity contribution is 0.577. The molecule has 9 nitrogen and oxygen atoms in total. The number of nitrogens with one attached hydrogen (secondary N) is 2. The molecule has 2 aromatic heterocycles. The number of anilines is 2. The van der Waals surface area contributed by atoms with Crippen LogP contribution in [0.15, 0.2) is 36.8 Å². The Kier molecular flexibility index (Phi) is 7.08. The molecule has 4 N–H and O–H groups in total. The summed E-state index contributed by atoms with van der Waals surface area (Å²) in [5.41, 5.74) is 0.773. The number of benzene rings is 1. The number of nitrogens with two attached hydrogens (primary N) is 1. The van der Waals surface area contributed by atoms with Crippen molar-refractivity contribution < 1.29 is 17.2 Å². The minimum Gasteiger partial charge on any atom is -0.303 e. The summed E-state index contributed by atoms with van der Waals surface area (Å²) < 4.78 is 57.3. The summed E-state index contributed by atoms with van der Waals surface area (Å²) in [7, 11) is -3.79. The topological polar surface area (TPSA) is 130 Å². The number of nitrogens with zero attached hydrogens (tertiary/aromatic N) is 4. The Hall–Kier alpha value is -3.38. The Balaban J connectivity index is 1.85. The first-order chi connectivity index (χ1) is 15.5. The van der Waals surface area contributed by atoms with E-state index in [9.17, 15) is 17.2 Å². The average Bonchev–Trinajstić information content (AvgIpc) is 3.08. The van der Waals surface area contributed by atoms with Crippen LogP contribution in [0.1, 0.15) is 30.4 Å². The number of rotatable bonds is 9. The summed E-state index contributed by atoms with van der Waals surface area (Å²) in [6.07, 6.45) is 5.21. The van der Waals surface area contributed by atoms with Crippen molar-refractivity contribution in [1.82, 2.24) is 14.5 Å². The molecule has 3 aromatic rings. The van der Waals surface area contributed by atoms with Gasteiger partial charge in [-0.2, -0.15) is 0 Å². The first kappa shape index (κ1) is 24.3. The second kappa shape index (κ2) is 9.63. The minimum atomic E-state index is -3.79. The van der Waals surface area contributed by atoms with Crippen LogP contribution in [0.4, 0.5) is 20.2 Å². The molecule has 3 rings (SSSR count). The first-order valence-electron chi connectivity index (χ1n) is 10.1. The van der Waals surface area contributed by atoms with Gasteiger partial charge in [0.2, 0.25) is 10.0 Å². The molecule has 1 aromatic carbocycles. The van der Waals surface area contributed by atoms with E-state index in [0.717, 1.165) is 28.7 Å². The highest BCUT2D eigenvalue weighted by Crippen LogP contribution is 2.29.